The summed E-state index contributed by atoms with van der Waals surface area (Å²) in [5, 5.41) is 10.1. The summed E-state index contributed by atoms with van der Waals surface area (Å²) in [5.41, 5.74) is 0.562. The Labute approximate surface area is 87.0 Å². The maximum Gasteiger partial charge on any atom is 0.0880 e. The third-order valence-corrected chi connectivity index (χ3v) is 3.26. The highest BCUT2D eigenvalue weighted by Gasteiger charge is 2.38. The van der Waals surface area contributed by atoms with Crippen molar-refractivity contribution in [3.05, 3.63) is 12.2 Å². The minimum Gasteiger partial charge on any atom is -0.387 e. The van der Waals surface area contributed by atoms with Gasteiger partial charge < -0.3 is 9.84 Å². The molecule has 1 aliphatic carbocycles. The van der Waals surface area contributed by atoms with Gasteiger partial charge in [-0.2, -0.15) is 0 Å². The molecule has 0 heterocycles. The molecule has 2 heteroatoms. The first-order valence-corrected chi connectivity index (χ1v) is 5.46. The van der Waals surface area contributed by atoms with Gasteiger partial charge in [0.05, 0.1) is 11.7 Å². The predicted octanol–water partition coefficient (Wildman–Crippen LogP) is 2.52. The van der Waals surface area contributed by atoms with E-state index >= 15 is 0 Å². The highest BCUT2D eigenvalue weighted by molar-refractivity contribution is 5.03. The van der Waals surface area contributed by atoms with Gasteiger partial charge in [0, 0.05) is 6.61 Å². The van der Waals surface area contributed by atoms with Crippen molar-refractivity contribution in [3.8, 4) is 0 Å². The van der Waals surface area contributed by atoms with Crippen molar-refractivity contribution in [2.75, 3.05) is 6.61 Å². The molecule has 0 amide bonds. The van der Waals surface area contributed by atoms with E-state index in [1.807, 2.05) is 13.8 Å². The van der Waals surface area contributed by atoms with Crippen LogP contribution < -0.4 is 0 Å². The summed E-state index contributed by atoms with van der Waals surface area (Å²) in [6.07, 6.45) is 2.74. The van der Waals surface area contributed by atoms with Gasteiger partial charge in [-0.15, -0.1) is 0 Å². The summed E-state index contributed by atoms with van der Waals surface area (Å²) in [5.74, 6) is 0.520. The lowest BCUT2D eigenvalue weighted by Crippen LogP contribution is -2.46. The van der Waals surface area contributed by atoms with Crippen LogP contribution in [0.2, 0.25) is 0 Å². The third-order valence-electron chi connectivity index (χ3n) is 3.26. The molecule has 0 spiro atoms. The molecule has 1 fully saturated rings. The van der Waals surface area contributed by atoms with E-state index in [-0.39, 0.29) is 6.10 Å². The molecule has 0 aromatic heterocycles. The molecule has 0 aliphatic heterocycles. The van der Waals surface area contributed by atoms with Crippen LogP contribution in [0.1, 0.15) is 40.0 Å². The van der Waals surface area contributed by atoms with Crippen molar-refractivity contribution in [1.29, 1.82) is 0 Å². The predicted molar refractivity (Wildman–Crippen MR) is 58.2 cm³/mol. The average Bonchev–Trinajstić information content (AvgIpc) is 2.08. The van der Waals surface area contributed by atoms with Crippen molar-refractivity contribution >= 4 is 0 Å². The van der Waals surface area contributed by atoms with Crippen LogP contribution in [-0.4, -0.2) is 23.4 Å². The SMILES string of the molecule is C=C(C)[C@@H]1CCC(C)(O)[C@@H](OCC)C1. The van der Waals surface area contributed by atoms with Gasteiger partial charge in [0.15, 0.2) is 0 Å². The van der Waals surface area contributed by atoms with Crippen molar-refractivity contribution < 1.29 is 9.84 Å². The smallest absolute Gasteiger partial charge is 0.0880 e. The first kappa shape index (κ1) is 11.7. The fraction of sp³-hybridized carbons (Fsp3) is 0.833. The van der Waals surface area contributed by atoms with Crippen molar-refractivity contribution in [3.63, 3.8) is 0 Å². The summed E-state index contributed by atoms with van der Waals surface area (Å²) in [6.45, 7) is 10.6. The Bertz CT molecular complexity index is 208. The van der Waals surface area contributed by atoms with Crippen molar-refractivity contribution in [2.24, 2.45) is 5.92 Å². The number of rotatable bonds is 3. The van der Waals surface area contributed by atoms with Crippen LogP contribution in [-0.2, 0) is 4.74 Å². The normalized spacial score (nSPS) is 38.3. The van der Waals surface area contributed by atoms with E-state index < -0.39 is 5.60 Å². The molecule has 0 aromatic rings. The number of hydrogen-bond acceptors (Lipinski definition) is 2. The van der Waals surface area contributed by atoms with E-state index in [1.165, 1.54) is 5.57 Å². The second-order valence-corrected chi connectivity index (χ2v) is 4.62. The Hall–Kier alpha value is -0.340. The average molecular weight is 198 g/mol. The van der Waals surface area contributed by atoms with E-state index in [2.05, 4.69) is 13.5 Å². The van der Waals surface area contributed by atoms with Gasteiger partial charge in [-0.05, 0) is 46.0 Å². The van der Waals surface area contributed by atoms with E-state index in [4.69, 9.17) is 4.74 Å². The summed E-state index contributed by atoms with van der Waals surface area (Å²) in [6, 6.07) is 0. The molecule has 0 radical (unpaired) electrons. The highest BCUT2D eigenvalue weighted by Crippen LogP contribution is 2.36. The molecule has 2 nitrogen and oxygen atoms in total. The molecular formula is C12H22O2. The van der Waals surface area contributed by atoms with Crippen LogP contribution in [0.5, 0.6) is 0 Å². The first-order valence-electron chi connectivity index (χ1n) is 5.46. The fourth-order valence-corrected chi connectivity index (χ4v) is 2.15. The second kappa shape index (κ2) is 4.45. The molecule has 14 heavy (non-hydrogen) atoms. The van der Waals surface area contributed by atoms with E-state index in [0.717, 1.165) is 19.3 Å². The van der Waals surface area contributed by atoms with Crippen LogP contribution in [0.25, 0.3) is 0 Å². The topological polar surface area (TPSA) is 29.5 Å². The zero-order valence-electron chi connectivity index (χ0n) is 9.55. The third kappa shape index (κ3) is 2.58. The quantitative estimate of drug-likeness (QED) is 0.706. The minimum absolute atomic E-state index is 0.0250. The molecule has 1 aliphatic rings. The maximum absolute atomic E-state index is 10.1. The van der Waals surface area contributed by atoms with E-state index in [1.54, 1.807) is 0 Å². The van der Waals surface area contributed by atoms with Crippen LogP contribution in [0.4, 0.5) is 0 Å². The molecule has 1 N–H and O–H groups in total. The van der Waals surface area contributed by atoms with Gasteiger partial charge in [0.2, 0.25) is 0 Å². The Kier molecular flexibility index (Phi) is 3.73. The van der Waals surface area contributed by atoms with Crippen LogP contribution in [0, 0.1) is 5.92 Å². The molecule has 3 atom stereocenters. The van der Waals surface area contributed by atoms with Crippen molar-refractivity contribution in [1.82, 2.24) is 0 Å². The fourth-order valence-electron chi connectivity index (χ4n) is 2.15. The van der Waals surface area contributed by atoms with Gasteiger partial charge in [0.1, 0.15) is 0 Å². The van der Waals surface area contributed by atoms with Gasteiger partial charge in [-0.25, -0.2) is 0 Å². The number of ether oxygens (including phenoxy) is 1. The largest absolute Gasteiger partial charge is 0.387 e. The monoisotopic (exact) mass is 198 g/mol. The highest BCUT2D eigenvalue weighted by atomic mass is 16.5. The lowest BCUT2D eigenvalue weighted by atomic mass is 9.75. The summed E-state index contributed by atoms with van der Waals surface area (Å²) >= 11 is 0. The zero-order chi connectivity index (χ0) is 10.8. The minimum atomic E-state index is -0.651. The van der Waals surface area contributed by atoms with Gasteiger partial charge in [-0.1, -0.05) is 12.2 Å². The van der Waals surface area contributed by atoms with Crippen LogP contribution >= 0.6 is 0 Å². The summed E-state index contributed by atoms with van der Waals surface area (Å²) in [7, 11) is 0. The number of hydrogen-bond donors (Lipinski definition) is 1. The summed E-state index contributed by atoms with van der Waals surface area (Å²) < 4.78 is 5.59. The van der Waals surface area contributed by atoms with Crippen molar-refractivity contribution in [2.45, 2.75) is 51.7 Å². The van der Waals surface area contributed by atoms with Gasteiger partial charge >= 0.3 is 0 Å². The Morgan fingerprint density at radius 2 is 2.29 bits per heavy atom. The summed E-state index contributed by atoms with van der Waals surface area (Å²) in [4.78, 5) is 0. The molecule has 82 valence electrons. The lowest BCUT2D eigenvalue weighted by molar-refractivity contribution is -0.125. The van der Waals surface area contributed by atoms with Gasteiger partial charge in [0.25, 0.3) is 0 Å². The molecular weight excluding hydrogens is 176 g/mol. The molecule has 1 rings (SSSR count). The molecule has 1 unspecified atom stereocenters. The number of allylic oxidation sites excluding steroid dienone is 1. The van der Waals surface area contributed by atoms with E-state index in [9.17, 15) is 5.11 Å². The standard InChI is InChI=1S/C12H22O2/c1-5-14-11-8-10(9(2)3)6-7-12(11,4)13/h10-11,13H,2,5-8H2,1,3-4H3/t10-,11+,12?/m1/s1. The van der Waals surface area contributed by atoms with Crippen LogP contribution in [0.15, 0.2) is 12.2 Å². The lowest BCUT2D eigenvalue weighted by Gasteiger charge is -2.40. The van der Waals surface area contributed by atoms with Crippen LogP contribution in [0.3, 0.4) is 0 Å². The second-order valence-electron chi connectivity index (χ2n) is 4.62. The molecule has 0 bridgehead atoms. The van der Waals surface area contributed by atoms with E-state index in [0.29, 0.717) is 12.5 Å². The van der Waals surface area contributed by atoms with Gasteiger partial charge in [-0.3, -0.25) is 0 Å². The Morgan fingerprint density at radius 1 is 1.64 bits per heavy atom. The molecule has 1 saturated carbocycles. The zero-order valence-corrected chi connectivity index (χ0v) is 9.55. The Balaban J connectivity index is 2.62. The molecule has 0 aromatic carbocycles. The maximum atomic E-state index is 10.1. The first-order chi connectivity index (χ1) is 6.47. The molecule has 0 saturated heterocycles. The Morgan fingerprint density at radius 3 is 2.79 bits per heavy atom. The number of aliphatic hydroxyl groups is 1.